The summed E-state index contributed by atoms with van der Waals surface area (Å²) in [6.45, 7) is 0.970. The van der Waals surface area contributed by atoms with Gasteiger partial charge in [-0.2, -0.15) is 0 Å². The van der Waals surface area contributed by atoms with Gasteiger partial charge in [-0.25, -0.2) is 0 Å². The van der Waals surface area contributed by atoms with Crippen LogP contribution < -0.4 is 0 Å². The molecule has 2 rings (SSSR count). The standard InChI is InChI=1S/C12H12ClN/c13-12-5-3-10(4-6-12)8-11-2-1-7-14-9-11/h3-6,8-9H,1-2,7H2/b11-8-. The van der Waals surface area contributed by atoms with Gasteiger partial charge in [-0.3, -0.25) is 4.99 Å². The highest BCUT2D eigenvalue weighted by Gasteiger charge is 1.99. The second kappa shape index (κ2) is 4.43. The molecule has 14 heavy (non-hydrogen) atoms. The first-order chi connectivity index (χ1) is 6.84. The van der Waals surface area contributed by atoms with Crippen molar-refractivity contribution in [1.82, 2.24) is 0 Å². The summed E-state index contributed by atoms with van der Waals surface area (Å²) in [5.74, 6) is 0. The Balaban J connectivity index is 2.19. The van der Waals surface area contributed by atoms with Crippen LogP contribution in [0.2, 0.25) is 5.02 Å². The normalized spacial score (nSPS) is 18.8. The van der Waals surface area contributed by atoms with Gasteiger partial charge in [0.05, 0.1) is 0 Å². The summed E-state index contributed by atoms with van der Waals surface area (Å²) >= 11 is 5.81. The fourth-order valence-electron chi connectivity index (χ4n) is 1.50. The Morgan fingerprint density at radius 2 is 2.00 bits per heavy atom. The van der Waals surface area contributed by atoms with Gasteiger partial charge in [0.1, 0.15) is 0 Å². The lowest BCUT2D eigenvalue weighted by Gasteiger charge is -2.06. The van der Waals surface area contributed by atoms with Crippen molar-refractivity contribution in [2.75, 3.05) is 6.54 Å². The molecule has 0 atom stereocenters. The average Bonchev–Trinajstić information content (AvgIpc) is 2.23. The molecule has 0 spiro atoms. The molecule has 1 heterocycles. The van der Waals surface area contributed by atoms with Crippen LogP contribution in [0.25, 0.3) is 6.08 Å². The molecular formula is C12H12ClN. The minimum absolute atomic E-state index is 0.782. The lowest BCUT2D eigenvalue weighted by Crippen LogP contribution is -1.96. The molecule has 0 saturated carbocycles. The molecule has 1 aliphatic rings. The van der Waals surface area contributed by atoms with Gasteiger partial charge in [0, 0.05) is 17.8 Å². The van der Waals surface area contributed by atoms with Gasteiger partial charge in [-0.1, -0.05) is 29.8 Å². The number of allylic oxidation sites excluding steroid dienone is 1. The van der Waals surface area contributed by atoms with E-state index in [1.807, 2.05) is 30.5 Å². The lowest BCUT2D eigenvalue weighted by molar-refractivity contribution is 0.826. The van der Waals surface area contributed by atoms with Crippen molar-refractivity contribution in [3.05, 3.63) is 40.4 Å². The Labute approximate surface area is 89.1 Å². The van der Waals surface area contributed by atoms with E-state index < -0.39 is 0 Å². The van der Waals surface area contributed by atoms with Crippen LogP contribution in [0.4, 0.5) is 0 Å². The maximum absolute atomic E-state index is 5.81. The van der Waals surface area contributed by atoms with Crippen LogP contribution in [0.1, 0.15) is 18.4 Å². The van der Waals surface area contributed by atoms with Gasteiger partial charge in [-0.05, 0) is 36.1 Å². The van der Waals surface area contributed by atoms with Gasteiger partial charge in [0.25, 0.3) is 0 Å². The van der Waals surface area contributed by atoms with E-state index in [4.69, 9.17) is 11.6 Å². The third-order valence-electron chi connectivity index (χ3n) is 2.23. The van der Waals surface area contributed by atoms with E-state index in [0.29, 0.717) is 0 Å². The van der Waals surface area contributed by atoms with Crippen LogP contribution in [0.15, 0.2) is 34.8 Å². The van der Waals surface area contributed by atoms with Crippen molar-refractivity contribution in [3.63, 3.8) is 0 Å². The Hall–Kier alpha value is -1.08. The molecule has 0 N–H and O–H groups in total. The summed E-state index contributed by atoms with van der Waals surface area (Å²) in [6, 6.07) is 7.87. The topological polar surface area (TPSA) is 12.4 Å². The molecule has 0 unspecified atom stereocenters. The van der Waals surface area contributed by atoms with Gasteiger partial charge in [0.2, 0.25) is 0 Å². The second-order valence-corrected chi connectivity index (χ2v) is 3.85. The van der Waals surface area contributed by atoms with E-state index in [-0.39, 0.29) is 0 Å². The van der Waals surface area contributed by atoms with E-state index in [1.54, 1.807) is 0 Å². The molecule has 0 radical (unpaired) electrons. The van der Waals surface area contributed by atoms with Gasteiger partial charge in [-0.15, -0.1) is 0 Å². The van der Waals surface area contributed by atoms with E-state index in [0.717, 1.165) is 24.4 Å². The zero-order chi connectivity index (χ0) is 9.80. The maximum atomic E-state index is 5.81. The molecule has 0 saturated heterocycles. The van der Waals surface area contributed by atoms with Crippen LogP contribution in [0.5, 0.6) is 0 Å². The summed E-state index contributed by atoms with van der Waals surface area (Å²) in [4.78, 5) is 4.25. The first kappa shape index (κ1) is 9.47. The number of halogens is 1. The van der Waals surface area contributed by atoms with Gasteiger partial charge < -0.3 is 0 Å². The molecule has 72 valence electrons. The summed E-state index contributed by atoms with van der Waals surface area (Å²) in [6.07, 6.45) is 6.43. The maximum Gasteiger partial charge on any atom is 0.0406 e. The number of nitrogens with zero attached hydrogens (tertiary/aromatic N) is 1. The van der Waals surface area contributed by atoms with Crippen molar-refractivity contribution in [3.8, 4) is 0 Å². The third kappa shape index (κ3) is 2.46. The number of hydrogen-bond donors (Lipinski definition) is 0. The van der Waals surface area contributed by atoms with Gasteiger partial charge in [0.15, 0.2) is 0 Å². The van der Waals surface area contributed by atoms with Crippen LogP contribution in [-0.2, 0) is 0 Å². The summed E-state index contributed by atoms with van der Waals surface area (Å²) in [5.41, 5.74) is 2.50. The van der Waals surface area contributed by atoms with Crippen LogP contribution in [0.3, 0.4) is 0 Å². The molecule has 1 nitrogen and oxygen atoms in total. The largest absolute Gasteiger partial charge is 0.293 e. The highest BCUT2D eigenvalue weighted by atomic mass is 35.5. The predicted molar refractivity (Wildman–Crippen MR) is 62.0 cm³/mol. The number of benzene rings is 1. The van der Waals surface area contributed by atoms with Crippen LogP contribution in [-0.4, -0.2) is 12.8 Å². The number of hydrogen-bond acceptors (Lipinski definition) is 1. The Bertz CT molecular complexity index is 362. The Morgan fingerprint density at radius 1 is 1.21 bits per heavy atom. The van der Waals surface area contributed by atoms with E-state index >= 15 is 0 Å². The second-order valence-electron chi connectivity index (χ2n) is 3.41. The number of rotatable bonds is 1. The molecule has 0 aliphatic carbocycles. The van der Waals surface area contributed by atoms with Crippen molar-refractivity contribution in [2.45, 2.75) is 12.8 Å². The fraction of sp³-hybridized carbons (Fsp3) is 0.250. The minimum Gasteiger partial charge on any atom is -0.293 e. The average molecular weight is 206 g/mol. The molecule has 0 amide bonds. The van der Waals surface area contributed by atoms with Crippen LogP contribution in [0, 0.1) is 0 Å². The van der Waals surface area contributed by atoms with Crippen LogP contribution >= 0.6 is 11.6 Å². The first-order valence-corrected chi connectivity index (χ1v) is 5.18. The number of aliphatic imine (C=N–C) groups is 1. The van der Waals surface area contributed by atoms with Crippen molar-refractivity contribution < 1.29 is 0 Å². The van der Waals surface area contributed by atoms with E-state index in [9.17, 15) is 0 Å². The SMILES string of the molecule is Clc1ccc(/C=C2\C=NCCC2)cc1. The fourth-order valence-corrected chi connectivity index (χ4v) is 1.63. The zero-order valence-corrected chi connectivity index (χ0v) is 8.67. The van der Waals surface area contributed by atoms with E-state index in [2.05, 4.69) is 11.1 Å². The molecule has 0 fully saturated rings. The Morgan fingerprint density at radius 3 is 2.64 bits per heavy atom. The van der Waals surface area contributed by atoms with Crippen molar-refractivity contribution >= 4 is 23.9 Å². The molecule has 1 aromatic rings. The molecular weight excluding hydrogens is 194 g/mol. The van der Waals surface area contributed by atoms with Crippen molar-refractivity contribution in [2.24, 2.45) is 4.99 Å². The minimum atomic E-state index is 0.782. The Kier molecular flexibility index (Phi) is 3.00. The van der Waals surface area contributed by atoms with E-state index in [1.165, 1.54) is 11.1 Å². The zero-order valence-electron chi connectivity index (χ0n) is 7.91. The lowest BCUT2D eigenvalue weighted by atomic mass is 10.1. The summed E-state index contributed by atoms with van der Waals surface area (Å²) in [7, 11) is 0. The summed E-state index contributed by atoms with van der Waals surface area (Å²) < 4.78 is 0. The smallest absolute Gasteiger partial charge is 0.0406 e. The monoisotopic (exact) mass is 205 g/mol. The first-order valence-electron chi connectivity index (χ1n) is 4.80. The molecule has 1 aliphatic heterocycles. The quantitative estimate of drug-likeness (QED) is 0.665. The molecule has 0 bridgehead atoms. The summed E-state index contributed by atoms with van der Waals surface area (Å²) in [5, 5.41) is 0.782. The highest BCUT2D eigenvalue weighted by molar-refractivity contribution is 6.30. The third-order valence-corrected chi connectivity index (χ3v) is 2.48. The molecule has 0 aromatic heterocycles. The van der Waals surface area contributed by atoms with Crippen molar-refractivity contribution in [1.29, 1.82) is 0 Å². The predicted octanol–water partition coefficient (Wildman–Crippen LogP) is 3.59. The van der Waals surface area contributed by atoms with Gasteiger partial charge >= 0.3 is 0 Å². The molecule has 2 heteroatoms. The highest BCUT2D eigenvalue weighted by Crippen LogP contribution is 2.15. The molecule has 1 aromatic carbocycles.